The van der Waals surface area contributed by atoms with Gasteiger partial charge in [0.1, 0.15) is 0 Å². The summed E-state index contributed by atoms with van der Waals surface area (Å²) in [7, 11) is -2.90. The van der Waals surface area contributed by atoms with E-state index in [2.05, 4.69) is 12.2 Å². The largest absolute Gasteiger partial charge is 0.333 e. The summed E-state index contributed by atoms with van der Waals surface area (Å²) in [5.41, 5.74) is 0.168. The van der Waals surface area contributed by atoms with Gasteiger partial charge in [0, 0.05) is 0 Å². The molecule has 0 saturated heterocycles. The van der Waals surface area contributed by atoms with E-state index in [1.54, 1.807) is 0 Å². The molecule has 7 atom stereocenters. The van der Waals surface area contributed by atoms with Crippen molar-refractivity contribution in [1.82, 2.24) is 0 Å². The lowest BCUT2D eigenvalue weighted by Crippen LogP contribution is -2.34. The number of fused-ring (bicyclic) bond motifs is 9. The molecular formula is C16H25O3P. The molecule has 112 valence electrons. The Morgan fingerprint density at radius 3 is 2.30 bits per heavy atom. The molecule has 4 rings (SSSR count). The van der Waals surface area contributed by atoms with Crippen molar-refractivity contribution in [3.05, 3.63) is 12.2 Å². The van der Waals surface area contributed by atoms with E-state index in [9.17, 15) is 4.57 Å². The van der Waals surface area contributed by atoms with E-state index in [-0.39, 0.29) is 5.66 Å². The summed E-state index contributed by atoms with van der Waals surface area (Å²) >= 11 is 0. The Balaban J connectivity index is 1.60. The van der Waals surface area contributed by atoms with Gasteiger partial charge in [-0.1, -0.05) is 12.2 Å². The lowest BCUT2D eigenvalue weighted by Gasteiger charge is -2.38. The van der Waals surface area contributed by atoms with Gasteiger partial charge in [0.25, 0.3) is 0 Å². The molecule has 0 radical (unpaired) electrons. The van der Waals surface area contributed by atoms with Crippen LogP contribution in [-0.2, 0) is 13.6 Å². The topological polar surface area (TPSA) is 35.5 Å². The van der Waals surface area contributed by atoms with E-state index < -0.39 is 7.60 Å². The van der Waals surface area contributed by atoms with E-state index >= 15 is 0 Å². The van der Waals surface area contributed by atoms with Crippen molar-refractivity contribution in [2.24, 2.45) is 35.5 Å². The molecule has 0 amide bonds. The first kappa shape index (κ1) is 13.5. The Morgan fingerprint density at radius 2 is 1.65 bits per heavy atom. The highest BCUT2D eigenvalue weighted by molar-refractivity contribution is 7.54. The van der Waals surface area contributed by atoms with Crippen LogP contribution in [0.5, 0.6) is 0 Å². The summed E-state index contributed by atoms with van der Waals surface area (Å²) in [6, 6.07) is 0. The van der Waals surface area contributed by atoms with Crippen molar-refractivity contribution >= 4 is 7.60 Å². The summed E-state index contributed by atoms with van der Waals surface area (Å²) in [5, 5.41) is 0. The molecule has 4 bridgehead atoms. The Hall–Kier alpha value is -0.110. The first-order valence-electron chi connectivity index (χ1n) is 8.25. The highest BCUT2D eigenvalue weighted by Crippen LogP contribution is 2.72. The first-order chi connectivity index (χ1) is 9.68. The summed E-state index contributed by atoms with van der Waals surface area (Å²) in [5.74, 6) is 4.56. The van der Waals surface area contributed by atoms with Crippen LogP contribution < -0.4 is 0 Å². The fourth-order valence-electron chi connectivity index (χ4n) is 5.93. The molecule has 0 aromatic heterocycles. The summed E-state index contributed by atoms with van der Waals surface area (Å²) < 4.78 is 24.4. The normalized spacial score (nSPS) is 48.2. The molecule has 4 aliphatic rings. The second-order valence-electron chi connectivity index (χ2n) is 6.94. The molecule has 0 aliphatic heterocycles. The van der Waals surface area contributed by atoms with Gasteiger partial charge in [-0.25, -0.2) is 0 Å². The van der Waals surface area contributed by atoms with Crippen LogP contribution in [0.25, 0.3) is 0 Å². The van der Waals surface area contributed by atoms with Gasteiger partial charge in [-0.15, -0.1) is 0 Å². The predicted octanol–water partition coefficient (Wildman–Crippen LogP) is 4.10. The zero-order valence-corrected chi connectivity index (χ0v) is 13.3. The highest BCUT2D eigenvalue weighted by Gasteiger charge is 2.64. The molecule has 4 aliphatic carbocycles. The van der Waals surface area contributed by atoms with Crippen molar-refractivity contribution in [3.63, 3.8) is 0 Å². The first-order valence-corrected chi connectivity index (χ1v) is 9.86. The molecule has 0 heterocycles. The maximum Gasteiger partial charge on any atom is 0.333 e. The molecule has 0 N–H and O–H groups in total. The van der Waals surface area contributed by atoms with Gasteiger partial charge in [0.2, 0.25) is 0 Å². The highest BCUT2D eigenvalue weighted by atomic mass is 31.2. The maximum absolute atomic E-state index is 13.1. The van der Waals surface area contributed by atoms with E-state index in [4.69, 9.17) is 9.05 Å². The number of rotatable bonds is 5. The standard InChI is InChI=1S/C16H25O3P/c1-3-18-20(17,19-4-2)14-9-12-8-13(14)16-11-6-5-10(7-11)15(12)16/h5-6,10-16H,3-4,7-9H2,1-2H3. The lowest BCUT2D eigenvalue weighted by molar-refractivity contribution is 0.164. The summed E-state index contributed by atoms with van der Waals surface area (Å²) in [4.78, 5) is 0. The van der Waals surface area contributed by atoms with Crippen LogP contribution in [-0.4, -0.2) is 18.9 Å². The molecule has 3 saturated carbocycles. The van der Waals surface area contributed by atoms with Crippen molar-refractivity contribution in [2.45, 2.75) is 38.8 Å². The van der Waals surface area contributed by atoms with Crippen LogP contribution in [0.4, 0.5) is 0 Å². The molecule has 3 nitrogen and oxygen atoms in total. The van der Waals surface area contributed by atoms with E-state index in [0.29, 0.717) is 19.1 Å². The molecule has 0 spiro atoms. The van der Waals surface area contributed by atoms with E-state index in [1.807, 2.05) is 13.8 Å². The van der Waals surface area contributed by atoms with Gasteiger partial charge in [0.15, 0.2) is 0 Å². The maximum atomic E-state index is 13.1. The van der Waals surface area contributed by atoms with E-state index in [0.717, 1.165) is 36.0 Å². The van der Waals surface area contributed by atoms with Crippen molar-refractivity contribution in [1.29, 1.82) is 0 Å². The van der Waals surface area contributed by atoms with Gasteiger partial charge in [0.05, 0.1) is 18.9 Å². The monoisotopic (exact) mass is 296 g/mol. The zero-order valence-electron chi connectivity index (χ0n) is 12.4. The minimum absolute atomic E-state index is 0.168. The molecule has 4 heteroatoms. The third-order valence-corrected chi connectivity index (χ3v) is 8.90. The van der Waals surface area contributed by atoms with Gasteiger partial charge < -0.3 is 9.05 Å². The fourth-order valence-corrected chi connectivity index (χ4v) is 8.43. The second-order valence-corrected chi connectivity index (χ2v) is 9.20. The SMILES string of the molecule is CCOP(=O)(OCC)C1CC2CC1C1C3C=CC(C3)C21. The number of hydrogen-bond acceptors (Lipinski definition) is 3. The smallest absolute Gasteiger partial charge is 0.309 e. The predicted molar refractivity (Wildman–Crippen MR) is 78.6 cm³/mol. The minimum Gasteiger partial charge on any atom is -0.309 e. The average Bonchev–Trinajstić information content (AvgIpc) is 3.17. The molecule has 0 aromatic carbocycles. The lowest BCUT2D eigenvalue weighted by atomic mass is 9.73. The molecular weight excluding hydrogens is 271 g/mol. The number of allylic oxidation sites excluding steroid dienone is 2. The Labute approximate surface area is 121 Å². The number of hydrogen-bond donors (Lipinski definition) is 0. The van der Waals surface area contributed by atoms with Crippen LogP contribution in [0.2, 0.25) is 0 Å². The van der Waals surface area contributed by atoms with Crippen LogP contribution in [0.15, 0.2) is 12.2 Å². The van der Waals surface area contributed by atoms with Crippen molar-refractivity contribution in [3.8, 4) is 0 Å². The molecule has 3 fully saturated rings. The third-order valence-electron chi connectivity index (χ3n) is 6.26. The van der Waals surface area contributed by atoms with Crippen LogP contribution >= 0.6 is 7.60 Å². The van der Waals surface area contributed by atoms with Crippen molar-refractivity contribution in [2.75, 3.05) is 13.2 Å². The second kappa shape index (κ2) is 4.69. The van der Waals surface area contributed by atoms with Crippen LogP contribution in [0.1, 0.15) is 33.1 Å². The van der Waals surface area contributed by atoms with Crippen LogP contribution in [0.3, 0.4) is 0 Å². The molecule has 20 heavy (non-hydrogen) atoms. The van der Waals surface area contributed by atoms with Gasteiger partial charge >= 0.3 is 7.60 Å². The third kappa shape index (κ3) is 1.69. The Kier molecular flexibility index (Phi) is 3.18. The Bertz CT molecular complexity index is 464. The van der Waals surface area contributed by atoms with Gasteiger partial charge in [-0.3, -0.25) is 4.57 Å². The van der Waals surface area contributed by atoms with Crippen LogP contribution in [0, 0.1) is 35.5 Å². The summed E-state index contributed by atoms with van der Waals surface area (Å²) in [6.07, 6.45) is 8.56. The van der Waals surface area contributed by atoms with Gasteiger partial charge in [-0.2, -0.15) is 0 Å². The van der Waals surface area contributed by atoms with Crippen molar-refractivity contribution < 1.29 is 13.6 Å². The average molecular weight is 296 g/mol. The summed E-state index contributed by atoms with van der Waals surface area (Å²) in [6.45, 7) is 4.82. The minimum atomic E-state index is -2.90. The molecule has 0 aromatic rings. The zero-order chi connectivity index (χ0) is 13.9. The fraction of sp³-hybridized carbons (Fsp3) is 0.875. The Morgan fingerprint density at radius 1 is 1.00 bits per heavy atom. The quantitative estimate of drug-likeness (QED) is 0.435. The van der Waals surface area contributed by atoms with Gasteiger partial charge in [-0.05, 0) is 68.6 Å². The van der Waals surface area contributed by atoms with E-state index in [1.165, 1.54) is 12.8 Å². The molecule has 7 unspecified atom stereocenters.